The first-order chi connectivity index (χ1) is 18.9. The van der Waals surface area contributed by atoms with Crippen LogP contribution in [0.4, 0.5) is 5.69 Å². The molecule has 0 bridgehead atoms. The van der Waals surface area contributed by atoms with Gasteiger partial charge in [0, 0.05) is 17.3 Å². The zero-order valence-corrected chi connectivity index (χ0v) is 23.5. The molecule has 0 unspecified atom stereocenters. The summed E-state index contributed by atoms with van der Waals surface area (Å²) >= 11 is 6.25. The third-order valence-corrected chi connectivity index (χ3v) is 9.13. The van der Waals surface area contributed by atoms with Crippen LogP contribution in [0.2, 0.25) is 5.02 Å². The molecule has 2 aliphatic rings. The Labute approximate surface area is 236 Å². The van der Waals surface area contributed by atoms with Crippen molar-refractivity contribution in [3.8, 4) is 5.75 Å². The number of rotatable bonds is 9. The Morgan fingerprint density at radius 3 is 2.51 bits per heavy atom. The molecule has 0 amide bonds. The molecule has 6 heteroatoms. The van der Waals surface area contributed by atoms with E-state index in [2.05, 4.69) is 42.6 Å². The predicted octanol–water partition coefficient (Wildman–Crippen LogP) is 6.95. The summed E-state index contributed by atoms with van der Waals surface area (Å²) in [5, 5.41) is 14.0. The maximum atomic E-state index is 13.2. The maximum absolute atomic E-state index is 13.2. The highest BCUT2D eigenvalue weighted by molar-refractivity contribution is 6.30. The molecule has 0 radical (unpaired) electrons. The Hall–Kier alpha value is -3.02. The average molecular weight is 548 g/mol. The number of nitrogens with one attached hydrogen (secondary N) is 1. The Morgan fingerprint density at radius 2 is 1.82 bits per heavy atom. The van der Waals surface area contributed by atoms with E-state index < -0.39 is 5.54 Å². The minimum atomic E-state index is -0.817. The van der Waals surface area contributed by atoms with Gasteiger partial charge >= 0.3 is 5.97 Å². The van der Waals surface area contributed by atoms with Gasteiger partial charge in [-0.25, -0.2) is 4.79 Å². The molecule has 206 valence electrons. The van der Waals surface area contributed by atoms with E-state index in [0.29, 0.717) is 30.4 Å². The predicted molar refractivity (Wildman–Crippen MR) is 155 cm³/mol. The van der Waals surface area contributed by atoms with Gasteiger partial charge in [-0.3, -0.25) is 0 Å². The van der Waals surface area contributed by atoms with Crippen LogP contribution in [0.15, 0.2) is 72.8 Å². The minimum Gasteiger partial charge on any atom is -0.489 e. The molecule has 5 rings (SSSR count). The lowest BCUT2D eigenvalue weighted by Gasteiger charge is -2.47. The molecule has 3 aromatic rings. The SMILES string of the molecule is COC(=O)C1(Nc2cccc(Cl)c2)CCC2(CC1)c1cc(OCc3ccccc3)ccc1C[C@H]2C[C@@H](C)CO. The molecule has 2 atom stereocenters. The van der Waals surface area contributed by atoms with Gasteiger partial charge in [0.15, 0.2) is 0 Å². The first-order valence-electron chi connectivity index (χ1n) is 13.9. The largest absolute Gasteiger partial charge is 0.489 e. The van der Waals surface area contributed by atoms with Gasteiger partial charge < -0.3 is 19.9 Å². The monoisotopic (exact) mass is 547 g/mol. The second-order valence-electron chi connectivity index (χ2n) is 11.4. The molecule has 2 N–H and O–H groups in total. The number of esters is 1. The van der Waals surface area contributed by atoms with E-state index in [1.807, 2.05) is 42.5 Å². The third kappa shape index (κ3) is 5.66. The summed E-state index contributed by atoms with van der Waals surface area (Å²) < 4.78 is 11.6. The van der Waals surface area contributed by atoms with Crippen molar-refractivity contribution in [2.45, 2.75) is 63.0 Å². The minimum absolute atomic E-state index is 0.0849. The van der Waals surface area contributed by atoms with Gasteiger partial charge in [-0.15, -0.1) is 0 Å². The van der Waals surface area contributed by atoms with Crippen molar-refractivity contribution in [3.05, 3.63) is 94.5 Å². The van der Waals surface area contributed by atoms with Crippen LogP contribution < -0.4 is 10.1 Å². The standard InChI is InChI=1S/C33H38ClNO4/c1-23(21-36)17-26-18-25-11-12-29(39-22-24-7-4-3-5-8-24)20-30(25)32(26)13-15-33(16-14-32,31(37)38-2)35-28-10-6-9-27(34)19-28/h3-12,19-20,23,26,35-36H,13-18,21-22H2,1-2H3/t23-,26-,32?,33?/m1/s1. The smallest absolute Gasteiger partial charge is 0.331 e. The van der Waals surface area contributed by atoms with Crippen molar-refractivity contribution in [1.29, 1.82) is 0 Å². The quantitative estimate of drug-likeness (QED) is 0.284. The Morgan fingerprint density at radius 1 is 1.05 bits per heavy atom. The summed E-state index contributed by atoms with van der Waals surface area (Å²) in [5.74, 6) is 1.23. The van der Waals surface area contributed by atoms with Gasteiger partial charge in [0.05, 0.1) is 7.11 Å². The molecule has 39 heavy (non-hydrogen) atoms. The number of hydrogen-bond donors (Lipinski definition) is 2. The van der Waals surface area contributed by atoms with Gasteiger partial charge in [0.2, 0.25) is 0 Å². The molecule has 1 saturated carbocycles. The fraction of sp³-hybridized carbons (Fsp3) is 0.424. The van der Waals surface area contributed by atoms with E-state index >= 15 is 0 Å². The lowest BCUT2D eigenvalue weighted by Crippen LogP contribution is -2.53. The number of carbonyl (C=O) groups is 1. The van der Waals surface area contributed by atoms with Crippen molar-refractivity contribution < 1.29 is 19.4 Å². The Kier molecular flexibility index (Phi) is 8.20. The van der Waals surface area contributed by atoms with Crippen LogP contribution in [0, 0.1) is 11.8 Å². The van der Waals surface area contributed by atoms with Crippen molar-refractivity contribution in [2.24, 2.45) is 11.8 Å². The van der Waals surface area contributed by atoms with Crippen molar-refractivity contribution in [2.75, 3.05) is 19.0 Å². The molecular weight excluding hydrogens is 510 g/mol. The first-order valence-corrected chi connectivity index (χ1v) is 14.3. The van der Waals surface area contributed by atoms with Crippen molar-refractivity contribution in [3.63, 3.8) is 0 Å². The molecule has 2 aliphatic carbocycles. The molecule has 0 saturated heterocycles. The maximum Gasteiger partial charge on any atom is 0.331 e. The molecule has 1 fully saturated rings. The van der Waals surface area contributed by atoms with E-state index in [-0.39, 0.29) is 23.9 Å². The summed E-state index contributed by atoms with van der Waals surface area (Å²) in [7, 11) is 1.46. The molecule has 5 nitrogen and oxygen atoms in total. The highest BCUT2D eigenvalue weighted by atomic mass is 35.5. The van der Waals surface area contributed by atoms with E-state index in [9.17, 15) is 9.90 Å². The fourth-order valence-electron chi connectivity index (χ4n) is 6.80. The third-order valence-electron chi connectivity index (χ3n) is 8.89. The van der Waals surface area contributed by atoms with Crippen LogP contribution >= 0.6 is 11.6 Å². The number of fused-ring (bicyclic) bond motifs is 2. The van der Waals surface area contributed by atoms with Crippen LogP contribution in [-0.4, -0.2) is 30.3 Å². The summed E-state index contributed by atoms with van der Waals surface area (Å²) in [5.41, 5.74) is 3.74. The molecular formula is C33H38ClNO4. The Balaban J connectivity index is 1.44. The van der Waals surface area contributed by atoms with Crippen LogP contribution in [0.1, 0.15) is 55.7 Å². The average Bonchev–Trinajstić information content (AvgIpc) is 3.25. The number of halogens is 1. The van der Waals surface area contributed by atoms with Gasteiger partial charge in [-0.2, -0.15) is 0 Å². The summed E-state index contributed by atoms with van der Waals surface area (Å²) in [6.45, 7) is 2.82. The van der Waals surface area contributed by atoms with E-state index in [1.165, 1.54) is 18.2 Å². The molecule has 0 heterocycles. The van der Waals surface area contributed by atoms with Gasteiger partial charge in [-0.05, 0) is 103 Å². The Bertz CT molecular complexity index is 1290. The van der Waals surface area contributed by atoms with Crippen molar-refractivity contribution >= 4 is 23.3 Å². The number of ether oxygens (including phenoxy) is 2. The lowest BCUT2D eigenvalue weighted by molar-refractivity contribution is -0.148. The van der Waals surface area contributed by atoms with Gasteiger partial charge in [-0.1, -0.05) is 61.0 Å². The van der Waals surface area contributed by atoms with Crippen LogP contribution in [0.25, 0.3) is 0 Å². The number of aliphatic hydroxyl groups excluding tert-OH is 1. The molecule has 0 aliphatic heterocycles. The highest BCUT2D eigenvalue weighted by Gasteiger charge is 2.54. The summed E-state index contributed by atoms with van der Waals surface area (Å²) in [4.78, 5) is 13.2. The lowest BCUT2D eigenvalue weighted by atomic mass is 9.59. The van der Waals surface area contributed by atoms with Crippen LogP contribution in [-0.2, 0) is 28.0 Å². The number of carbonyl (C=O) groups excluding carboxylic acids is 1. The normalized spacial score (nSPS) is 24.7. The first kappa shape index (κ1) is 27.5. The zero-order valence-electron chi connectivity index (χ0n) is 22.8. The molecule has 0 aromatic heterocycles. The summed E-state index contributed by atoms with van der Waals surface area (Å²) in [6.07, 6.45) is 4.89. The van der Waals surface area contributed by atoms with E-state index in [0.717, 1.165) is 42.7 Å². The molecule has 3 aromatic carbocycles. The van der Waals surface area contributed by atoms with Crippen LogP contribution in [0.5, 0.6) is 5.75 Å². The summed E-state index contributed by atoms with van der Waals surface area (Å²) in [6, 6.07) is 24.2. The number of aliphatic hydroxyl groups is 1. The number of methoxy groups -OCH3 is 1. The second kappa shape index (κ2) is 11.6. The van der Waals surface area contributed by atoms with Crippen molar-refractivity contribution in [1.82, 2.24) is 0 Å². The molecule has 1 spiro atoms. The van der Waals surface area contributed by atoms with Gasteiger partial charge in [0.25, 0.3) is 0 Å². The zero-order chi connectivity index (χ0) is 27.5. The fourth-order valence-corrected chi connectivity index (χ4v) is 6.99. The number of benzene rings is 3. The number of hydrogen-bond acceptors (Lipinski definition) is 5. The van der Waals surface area contributed by atoms with Crippen LogP contribution in [0.3, 0.4) is 0 Å². The second-order valence-corrected chi connectivity index (χ2v) is 11.8. The van der Waals surface area contributed by atoms with E-state index in [4.69, 9.17) is 21.1 Å². The van der Waals surface area contributed by atoms with E-state index in [1.54, 1.807) is 0 Å². The van der Waals surface area contributed by atoms with Gasteiger partial charge in [0.1, 0.15) is 17.9 Å². The highest BCUT2D eigenvalue weighted by Crippen LogP contribution is 2.56. The number of anilines is 1. The topological polar surface area (TPSA) is 67.8 Å².